The predicted molar refractivity (Wildman–Crippen MR) is 128 cm³/mol. The molecule has 0 bridgehead atoms. The number of fused-ring (bicyclic) bond motifs is 3. The van der Waals surface area contributed by atoms with Gasteiger partial charge in [0.15, 0.2) is 11.5 Å². The van der Waals surface area contributed by atoms with Gasteiger partial charge in [0.2, 0.25) is 0 Å². The van der Waals surface area contributed by atoms with Gasteiger partial charge in [-0.1, -0.05) is 43.2 Å². The van der Waals surface area contributed by atoms with Crippen LogP contribution in [-0.2, 0) is 6.42 Å². The largest absolute Gasteiger partial charge is 0.486 e. The molecule has 2 aromatic carbocycles. The highest BCUT2D eigenvalue weighted by molar-refractivity contribution is 6.13. The monoisotopic (exact) mass is 445 g/mol. The Bertz CT molecular complexity index is 1170. The molecular formula is C28H31NO4. The number of hydrogen-bond acceptors (Lipinski definition) is 4. The highest BCUT2D eigenvalue weighted by atomic mass is 16.5. The van der Waals surface area contributed by atoms with Crippen molar-refractivity contribution in [3.63, 3.8) is 0 Å². The van der Waals surface area contributed by atoms with E-state index >= 15 is 0 Å². The minimum absolute atomic E-state index is 0.0995. The molecular weight excluding hydrogens is 414 g/mol. The van der Waals surface area contributed by atoms with Gasteiger partial charge >= 0.3 is 0 Å². The number of amides is 1. The summed E-state index contributed by atoms with van der Waals surface area (Å²) in [5.41, 5.74) is 2.73. The number of carbonyl (C=O) groups is 2. The Morgan fingerprint density at radius 3 is 2.55 bits per heavy atom. The van der Waals surface area contributed by atoms with Crippen molar-refractivity contribution in [2.24, 2.45) is 0 Å². The van der Waals surface area contributed by atoms with Crippen molar-refractivity contribution in [2.75, 3.05) is 6.54 Å². The smallest absolute Gasteiger partial charge is 0.287 e. The van der Waals surface area contributed by atoms with Crippen molar-refractivity contribution < 1.29 is 18.7 Å². The molecule has 0 atom stereocenters. The van der Waals surface area contributed by atoms with Crippen LogP contribution in [0.25, 0.3) is 11.0 Å². The summed E-state index contributed by atoms with van der Waals surface area (Å²) in [4.78, 5) is 26.2. The van der Waals surface area contributed by atoms with Crippen LogP contribution in [0.2, 0.25) is 0 Å². The molecule has 0 radical (unpaired) electrons. The third-order valence-electron chi connectivity index (χ3n) is 7.14. The topological polar surface area (TPSA) is 68.5 Å². The molecule has 172 valence electrons. The minimum atomic E-state index is -0.370. The highest BCUT2D eigenvalue weighted by Gasteiger charge is 2.42. The SMILES string of the molecule is Cc1c(C(=O)NCCCc2ccccc2)oc2ccc3c(c12)C(=O)CC1(CCCCCC1)O3. The quantitative estimate of drug-likeness (QED) is 0.478. The minimum Gasteiger partial charge on any atom is -0.486 e. The van der Waals surface area contributed by atoms with Crippen LogP contribution >= 0.6 is 0 Å². The van der Waals surface area contributed by atoms with Gasteiger partial charge in [-0.25, -0.2) is 0 Å². The number of furan rings is 1. The molecule has 33 heavy (non-hydrogen) atoms. The van der Waals surface area contributed by atoms with E-state index in [0.29, 0.717) is 35.4 Å². The second kappa shape index (κ2) is 9.05. The molecule has 1 amide bonds. The molecule has 1 N–H and O–H groups in total. The summed E-state index contributed by atoms with van der Waals surface area (Å²) in [5.74, 6) is 0.775. The molecule has 5 heteroatoms. The van der Waals surface area contributed by atoms with Crippen molar-refractivity contribution in [3.8, 4) is 5.75 Å². The van der Waals surface area contributed by atoms with Gasteiger partial charge in [0, 0.05) is 17.5 Å². The summed E-state index contributed by atoms with van der Waals surface area (Å²) in [5, 5.41) is 3.68. The standard InChI is InChI=1S/C28H31NO4/c1-19-24-22(32-26(19)27(31)29-17-9-12-20-10-5-4-6-11-20)13-14-23-25(24)21(30)18-28(33-23)15-7-2-3-8-16-28/h4-6,10-11,13-14H,2-3,7-9,12,15-18H2,1H3,(H,29,31). The van der Waals surface area contributed by atoms with Crippen LogP contribution in [-0.4, -0.2) is 23.8 Å². The van der Waals surface area contributed by atoms with Gasteiger partial charge in [-0.2, -0.15) is 0 Å². The molecule has 2 aliphatic rings. The van der Waals surface area contributed by atoms with Crippen molar-refractivity contribution in [1.29, 1.82) is 0 Å². The first kappa shape index (κ1) is 21.7. The Morgan fingerprint density at radius 1 is 1.03 bits per heavy atom. The lowest BCUT2D eigenvalue weighted by molar-refractivity contribution is 0.0301. The van der Waals surface area contributed by atoms with E-state index in [9.17, 15) is 9.59 Å². The molecule has 1 spiro atoms. The van der Waals surface area contributed by atoms with Gasteiger partial charge in [0.1, 0.15) is 16.9 Å². The van der Waals surface area contributed by atoms with Crippen LogP contribution < -0.4 is 10.1 Å². The van der Waals surface area contributed by atoms with Crippen molar-refractivity contribution >= 4 is 22.7 Å². The van der Waals surface area contributed by atoms with Crippen molar-refractivity contribution in [1.82, 2.24) is 5.32 Å². The molecule has 1 aromatic heterocycles. The lowest BCUT2D eigenvalue weighted by Crippen LogP contribution is -2.41. The highest BCUT2D eigenvalue weighted by Crippen LogP contribution is 2.44. The van der Waals surface area contributed by atoms with E-state index in [4.69, 9.17) is 9.15 Å². The number of Topliss-reactive ketones (excluding diaryl/α,β-unsaturated/α-hetero) is 1. The molecule has 5 nitrogen and oxygen atoms in total. The maximum atomic E-state index is 13.3. The van der Waals surface area contributed by atoms with Gasteiger partial charge in [0.25, 0.3) is 5.91 Å². The summed E-state index contributed by atoms with van der Waals surface area (Å²) < 4.78 is 12.4. The Balaban J connectivity index is 1.35. The van der Waals surface area contributed by atoms with Crippen LogP contribution in [0, 0.1) is 6.92 Å². The number of ketones is 1. The Morgan fingerprint density at radius 2 is 1.79 bits per heavy atom. The summed E-state index contributed by atoms with van der Waals surface area (Å²) >= 11 is 0. The number of nitrogens with one attached hydrogen (secondary N) is 1. The van der Waals surface area contributed by atoms with Crippen molar-refractivity contribution in [3.05, 3.63) is 64.9 Å². The Hall–Kier alpha value is -3.08. The summed E-state index contributed by atoms with van der Waals surface area (Å²) in [7, 11) is 0. The third-order valence-corrected chi connectivity index (χ3v) is 7.14. The number of ether oxygens (including phenoxy) is 1. The first-order chi connectivity index (χ1) is 16.1. The number of hydrogen-bond donors (Lipinski definition) is 1. The van der Waals surface area contributed by atoms with E-state index in [1.807, 2.05) is 37.3 Å². The zero-order valence-electron chi connectivity index (χ0n) is 19.2. The molecule has 1 fully saturated rings. The molecule has 2 heterocycles. The predicted octanol–water partition coefficient (Wildman–Crippen LogP) is 6.16. The average molecular weight is 446 g/mol. The van der Waals surface area contributed by atoms with Gasteiger partial charge in [0.05, 0.1) is 12.0 Å². The zero-order valence-corrected chi connectivity index (χ0v) is 19.2. The molecule has 3 aromatic rings. The maximum Gasteiger partial charge on any atom is 0.287 e. The van der Waals surface area contributed by atoms with Crippen LogP contribution in [0.5, 0.6) is 5.75 Å². The fraction of sp³-hybridized carbons (Fsp3) is 0.429. The van der Waals surface area contributed by atoms with E-state index < -0.39 is 0 Å². The van der Waals surface area contributed by atoms with Crippen LogP contribution in [0.3, 0.4) is 0 Å². The van der Waals surface area contributed by atoms with E-state index in [0.717, 1.165) is 43.9 Å². The van der Waals surface area contributed by atoms with Crippen molar-refractivity contribution in [2.45, 2.75) is 70.3 Å². The van der Waals surface area contributed by atoms with Gasteiger partial charge in [-0.15, -0.1) is 0 Å². The Kier molecular flexibility index (Phi) is 5.96. The molecule has 5 rings (SSSR count). The molecule has 0 saturated heterocycles. The van der Waals surface area contributed by atoms with E-state index in [1.54, 1.807) is 0 Å². The van der Waals surface area contributed by atoms with Gasteiger partial charge < -0.3 is 14.5 Å². The Labute approximate surface area is 194 Å². The fourth-order valence-corrected chi connectivity index (χ4v) is 5.42. The first-order valence-electron chi connectivity index (χ1n) is 12.2. The number of aryl methyl sites for hydroxylation is 2. The number of rotatable bonds is 5. The first-order valence-corrected chi connectivity index (χ1v) is 12.2. The summed E-state index contributed by atoms with van der Waals surface area (Å²) in [6, 6.07) is 13.9. The van der Waals surface area contributed by atoms with Crippen LogP contribution in [0.4, 0.5) is 0 Å². The summed E-state index contributed by atoms with van der Waals surface area (Å²) in [6.07, 6.45) is 8.62. The number of benzene rings is 2. The normalized spacial score (nSPS) is 17.4. The lowest BCUT2D eigenvalue weighted by atomic mass is 9.83. The third kappa shape index (κ3) is 4.29. The van der Waals surface area contributed by atoms with E-state index in [-0.39, 0.29) is 23.1 Å². The molecule has 1 aliphatic heterocycles. The summed E-state index contributed by atoms with van der Waals surface area (Å²) in [6.45, 7) is 2.42. The fourth-order valence-electron chi connectivity index (χ4n) is 5.42. The second-order valence-electron chi connectivity index (χ2n) is 9.51. The lowest BCUT2D eigenvalue weighted by Gasteiger charge is -2.37. The van der Waals surface area contributed by atoms with E-state index in [1.165, 1.54) is 18.4 Å². The van der Waals surface area contributed by atoms with Gasteiger partial charge in [-0.05, 0) is 63.1 Å². The molecule has 0 unspecified atom stereocenters. The molecule has 1 aliphatic carbocycles. The van der Waals surface area contributed by atoms with Crippen LogP contribution in [0.15, 0.2) is 46.9 Å². The average Bonchev–Trinajstić information content (AvgIpc) is 3.00. The van der Waals surface area contributed by atoms with E-state index in [2.05, 4.69) is 17.4 Å². The molecule has 1 saturated carbocycles. The van der Waals surface area contributed by atoms with Crippen LogP contribution in [0.1, 0.15) is 83.4 Å². The second-order valence-corrected chi connectivity index (χ2v) is 9.51. The van der Waals surface area contributed by atoms with Gasteiger partial charge in [-0.3, -0.25) is 9.59 Å². The number of carbonyl (C=O) groups excluding carboxylic acids is 2. The zero-order chi connectivity index (χ0) is 22.8. The maximum absolute atomic E-state index is 13.3.